The molecule has 2 rings (SSSR count). The van der Waals surface area contributed by atoms with E-state index in [4.69, 9.17) is 11.6 Å². The first-order valence-electron chi connectivity index (χ1n) is 6.82. The highest BCUT2D eigenvalue weighted by Gasteiger charge is 2.21. The van der Waals surface area contributed by atoms with Gasteiger partial charge in [0.05, 0.1) is 0 Å². The van der Waals surface area contributed by atoms with E-state index in [-0.39, 0.29) is 22.3 Å². The second-order valence-electron chi connectivity index (χ2n) is 5.56. The Balaban J connectivity index is 1.93. The smallest absolute Gasteiger partial charge is 0.272 e. The van der Waals surface area contributed by atoms with Crippen LogP contribution < -0.4 is 5.32 Å². The van der Waals surface area contributed by atoms with Crippen LogP contribution in [0.15, 0.2) is 42.5 Å². The SMILES string of the molecule is CC(C)(CCc1ccccc1)NC(=O)c1ccc(Cl)nn1. The summed E-state index contributed by atoms with van der Waals surface area (Å²) in [4.78, 5) is 12.1. The van der Waals surface area contributed by atoms with Crippen molar-refractivity contribution >= 4 is 17.5 Å². The first kappa shape index (κ1) is 15.4. The standard InChI is InChI=1S/C16H18ClN3O/c1-16(2,11-10-12-6-4-3-5-7-12)18-15(21)13-8-9-14(17)20-19-13/h3-9H,10-11H2,1-2H3,(H,18,21). The van der Waals surface area contributed by atoms with E-state index < -0.39 is 0 Å². The zero-order valence-electron chi connectivity index (χ0n) is 12.1. The second-order valence-corrected chi connectivity index (χ2v) is 5.95. The van der Waals surface area contributed by atoms with Crippen molar-refractivity contribution in [3.8, 4) is 0 Å². The van der Waals surface area contributed by atoms with Crippen LogP contribution in [0.3, 0.4) is 0 Å². The van der Waals surface area contributed by atoms with Gasteiger partial charge in [0.1, 0.15) is 0 Å². The Labute approximate surface area is 129 Å². The van der Waals surface area contributed by atoms with E-state index in [1.807, 2.05) is 32.0 Å². The summed E-state index contributed by atoms with van der Waals surface area (Å²) in [7, 11) is 0. The molecular weight excluding hydrogens is 286 g/mol. The molecule has 1 aromatic carbocycles. The molecule has 0 aliphatic carbocycles. The molecule has 1 heterocycles. The van der Waals surface area contributed by atoms with E-state index in [0.29, 0.717) is 0 Å². The summed E-state index contributed by atoms with van der Waals surface area (Å²) in [6.45, 7) is 3.99. The molecule has 2 aromatic rings. The largest absolute Gasteiger partial charge is 0.346 e. The van der Waals surface area contributed by atoms with E-state index in [1.165, 1.54) is 5.56 Å². The minimum atomic E-state index is -0.325. The fraction of sp³-hybridized carbons (Fsp3) is 0.312. The number of aromatic nitrogens is 2. The molecule has 0 fully saturated rings. The quantitative estimate of drug-likeness (QED) is 0.922. The van der Waals surface area contributed by atoms with Gasteiger partial charge >= 0.3 is 0 Å². The topological polar surface area (TPSA) is 54.9 Å². The average molecular weight is 304 g/mol. The highest BCUT2D eigenvalue weighted by Crippen LogP contribution is 2.14. The number of carbonyl (C=O) groups excluding carboxylic acids is 1. The average Bonchev–Trinajstić information content (AvgIpc) is 2.46. The van der Waals surface area contributed by atoms with Gasteiger partial charge in [-0.25, -0.2) is 0 Å². The molecule has 1 amide bonds. The van der Waals surface area contributed by atoms with E-state index in [9.17, 15) is 4.79 Å². The Kier molecular flexibility index (Phi) is 4.91. The molecule has 21 heavy (non-hydrogen) atoms. The van der Waals surface area contributed by atoms with Gasteiger partial charge in [-0.15, -0.1) is 10.2 Å². The van der Waals surface area contributed by atoms with Gasteiger partial charge < -0.3 is 5.32 Å². The molecular formula is C16H18ClN3O. The van der Waals surface area contributed by atoms with Crippen molar-refractivity contribution in [1.82, 2.24) is 15.5 Å². The number of halogens is 1. The molecule has 0 atom stereocenters. The molecule has 0 bridgehead atoms. The number of carbonyl (C=O) groups is 1. The van der Waals surface area contributed by atoms with Gasteiger partial charge in [-0.3, -0.25) is 4.79 Å². The minimum Gasteiger partial charge on any atom is -0.346 e. The summed E-state index contributed by atoms with van der Waals surface area (Å²) in [6.07, 6.45) is 1.74. The first-order chi connectivity index (χ1) is 9.96. The molecule has 0 saturated heterocycles. The van der Waals surface area contributed by atoms with Crippen molar-refractivity contribution in [1.29, 1.82) is 0 Å². The summed E-state index contributed by atoms with van der Waals surface area (Å²) < 4.78 is 0. The lowest BCUT2D eigenvalue weighted by molar-refractivity contribution is 0.0903. The summed E-state index contributed by atoms with van der Waals surface area (Å²) in [5.74, 6) is -0.239. The van der Waals surface area contributed by atoms with Crippen molar-refractivity contribution in [2.24, 2.45) is 0 Å². The Morgan fingerprint density at radius 2 is 1.86 bits per heavy atom. The van der Waals surface area contributed by atoms with Crippen LogP contribution in [0.4, 0.5) is 0 Å². The van der Waals surface area contributed by atoms with Crippen LogP contribution in [0.1, 0.15) is 36.3 Å². The normalized spacial score (nSPS) is 11.2. The Hall–Kier alpha value is -1.94. The fourth-order valence-electron chi connectivity index (χ4n) is 1.97. The molecule has 0 spiro atoms. The number of hydrogen-bond acceptors (Lipinski definition) is 3. The van der Waals surface area contributed by atoms with Crippen molar-refractivity contribution in [2.75, 3.05) is 0 Å². The van der Waals surface area contributed by atoms with E-state index >= 15 is 0 Å². The third-order valence-electron chi connectivity index (χ3n) is 3.20. The predicted molar refractivity (Wildman–Crippen MR) is 83.4 cm³/mol. The van der Waals surface area contributed by atoms with Gasteiger partial charge in [-0.05, 0) is 44.4 Å². The highest BCUT2D eigenvalue weighted by molar-refractivity contribution is 6.29. The zero-order chi connectivity index (χ0) is 15.3. The van der Waals surface area contributed by atoms with Crippen LogP contribution in [0.5, 0.6) is 0 Å². The zero-order valence-corrected chi connectivity index (χ0v) is 12.9. The van der Waals surface area contributed by atoms with Crippen LogP contribution >= 0.6 is 11.6 Å². The molecule has 0 saturated carbocycles. The number of nitrogens with one attached hydrogen (secondary N) is 1. The van der Waals surface area contributed by atoms with Gasteiger partial charge in [0, 0.05) is 5.54 Å². The van der Waals surface area contributed by atoms with Crippen molar-refractivity contribution < 1.29 is 4.79 Å². The summed E-state index contributed by atoms with van der Waals surface area (Å²) in [6, 6.07) is 13.3. The summed E-state index contributed by atoms with van der Waals surface area (Å²) >= 11 is 5.66. The van der Waals surface area contributed by atoms with Gasteiger partial charge in [0.25, 0.3) is 5.91 Å². The van der Waals surface area contributed by atoms with Gasteiger partial charge in [-0.1, -0.05) is 41.9 Å². The number of benzene rings is 1. The molecule has 0 radical (unpaired) electrons. The fourth-order valence-corrected chi connectivity index (χ4v) is 2.07. The van der Waals surface area contributed by atoms with E-state index in [2.05, 4.69) is 27.6 Å². The second kappa shape index (κ2) is 6.68. The summed E-state index contributed by atoms with van der Waals surface area (Å²) in [5.41, 5.74) is 1.20. The van der Waals surface area contributed by atoms with Crippen molar-refractivity contribution in [3.63, 3.8) is 0 Å². The van der Waals surface area contributed by atoms with Crippen LogP contribution in [0.2, 0.25) is 5.15 Å². The lowest BCUT2D eigenvalue weighted by Crippen LogP contribution is -2.44. The molecule has 0 unspecified atom stereocenters. The molecule has 5 heteroatoms. The van der Waals surface area contributed by atoms with Crippen molar-refractivity contribution in [3.05, 3.63) is 58.9 Å². The van der Waals surface area contributed by atoms with Gasteiger partial charge in [0.15, 0.2) is 10.8 Å². The third-order valence-corrected chi connectivity index (χ3v) is 3.40. The lowest BCUT2D eigenvalue weighted by atomic mass is 9.95. The maximum atomic E-state index is 12.1. The number of aryl methyl sites for hydroxylation is 1. The summed E-state index contributed by atoms with van der Waals surface area (Å²) in [5, 5.41) is 10.7. The maximum Gasteiger partial charge on any atom is 0.272 e. The van der Waals surface area contributed by atoms with Crippen molar-refractivity contribution in [2.45, 2.75) is 32.2 Å². The van der Waals surface area contributed by atoms with Crippen LogP contribution in [-0.4, -0.2) is 21.6 Å². The molecule has 1 aromatic heterocycles. The molecule has 0 aliphatic rings. The predicted octanol–water partition coefficient (Wildman–Crippen LogP) is 3.27. The lowest BCUT2D eigenvalue weighted by Gasteiger charge is -2.26. The minimum absolute atomic E-state index is 0.239. The Morgan fingerprint density at radius 3 is 2.48 bits per heavy atom. The molecule has 0 aliphatic heterocycles. The van der Waals surface area contributed by atoms with Crippen LogP contribution in [0.25, 0.3) is 0 Å². The van der Waals surface area contributed by atoms with Gasteiger partial charge in [-0.2, -0.15) is 0 Å². The number of hydrogen-bond donors (Lipinski definition) is 1. The Bertz CT molecular complexity index is 597. The van der Waals surface area contributed by atoms with E-state index in [0.717, 1.165) is 12.8 Å². The first-order valence-corrected chi connectivity index (χ1v) is 7.20. The highest BCUT2D eigenvalue weighted by atomic mass is 35.5. The number of amides is 1. The third kappa shape index (κ3) is 4.83. The number of rotatable bonds is 5. The van der Waals surface area contributed by atoms with Crippen LogP contribution in [-0.2, 0) is 6.42 Å². The van der Waals surface area contributed by atoms with E-state index in [1.54, 1.807) is 12.1 Å². The Morgan fingerprint density at radius 1 is 1.14 bits per heavy atom. The molecule has 110 valence electrons. The monoisotopic (exact) mass is 303 g/mol. The van der Waals surface area contributed by atoms with Gasteiger partial charge in [0.2, 0.25) is 0 Å². The molecule has 4 nitrogen and oxygen atoms in total. The molecule has 1 N–H and O–H groups in total. The maximum absolute atomic E-state index is 12.1. The number of nitrogens with zero attached hydrogens (tertiary/aromatic N) is 2. The van der Waals surface area contributed by atoms with Crippen LogP contribution in [0, 0.1) is 0 Å².